The number of ether oxygens (including phenoxy) is 1. The molecule has 3 aliphatic heterocycles. The molecule has 3 heterocycles. The van der Waals surface area contributed by atoms with Crippen molar-refractivity contribution in [3.05, 3.63) is 0 Å². The lowest BCUT2D eigenvalue weighted by molar-refractivity contribution is -0.143. The maximum absolute atomic E-state index is 11.3. The van der Waals surface area contributed by atoms with Gasteiger partial charge >= 0.3 is 11.9 Å². The summed E-state index contributed by atoms with van der Waals surface area (Å²) in [5.41, 5.74) is 0. The van der Waals surface area contributed by atoms with Gasteiger partial charge in [0.25, 0.3) is 0 Å². The molecule has 0 aromatic rings. The first-order valence-corrected chi connectivity index (χ1v) is 7.93. The molecule has 9 heteroatoms. The summed E-state index contributed by atoms with van der Waals surface area (Å²) in [5, 5.41) is 11.2. The van der Waals surface area contributed by atoms with E-state index in [1.54, 1.807) is 0 Å². The van der Waals surface area contributed by atoms with Gasteiger partial charge in [0, 0.05) is 6.54 Å². The first-order chi connectivity index (χ1) is 9.80. The van der Waals surface area contributed by atoms with Gasteiger partial charge in [-0.1, -0.05) is 34.8 Å². The van der Waals surface area contributed by atoms with Gasteiger partial charge in [-0.3, -0.25) is 14.5 Å². The largest absolute Gasteiger partial charge is 0.480 e. The van der Waals surface area contributed by atoms with Crippen LogP contribution in [0.2, 0.25) is 0 Å². The van der Waals surface area contributed by atoms with Crippen molar-refractivity contribution in [1.29, 1.82) is 0 Å². The lowest BCUT2D eigenvalue weighted by Crippen LogP contribution is -2.41. The topological polar surface area (TPSA) is 78.9 Å². The summed E-state index contributed by atoms with van der Waals surface area (Å²) in [7, 11) is 0. The summed E-state index contributed by atoms with van der Waals surface area (Å²) in [5.74, 6) is -0.990. The van der Waals surface area contributed by atoms with Crippen LogP contribution in [0.25, 0.3) is 0 Å². The third kappa shape index (κ3) is 4.13. The third-order valence-corrected chi connectivity index (χ3v) is 4.29. The van der Waals surface area contributed by atoms with E-state index in [1.807, 2.05) is 4.90 Å². The lowest BCUT2D eigenvalue weighted by atomic mass is 10.2. The van der Waals surface area contributed by atoms with Gasteiger partial charge in [-0.15, -0.1) is 0 Å². The summed E-state index contributed by atoms with van der Waals surface area (Å²) in [6.45, 7) is 1.62. The normalized spacial score (nSPS) is 32.3. The first kappa shape index (κ1) is 17.1. The number of hydrogen-bond donors (Lipinski definition) is 2. The summed E-state index contributed by atoms with van der Waals surface area (Å²) < 4.78 is 3.44. The number of carbonyl (C=O) groups excluding carboxylic acids is 1. The number of fused-ring (bicyclic) bond motifs is 1. The number of rotatable bonds is 1. The molecule has 0 aromatic carbocycles. The Morgan fingerprint density at radius 3 is 2.52 bits per heavy atom. The van der Waals surface area contributed by atoms with Gasteiger partial charge in [0.15, 0.2) is 0 Å². The monoisotopic (exact) mass is 358 g/mol. The van der Waals surface area contributed by atoms with Gasteiger partial charge in [-0.2, -0.15) is 0 Å². The highest BCUT2D eigenvalue weighted by Crippen LogP contribution is 2.41. The van der Waals surface area contributed by atoms with Crippen LogP contribution in [0.5, 0.6) is 0 Å². The van der Waals surface area contributed by atoms with E-state index in [-0.39, 0.29) is 18.1 Å². The number of alkyl halides is 3. The summed E-state index contributed by atoms with van der Waals surface area (Å²) >= 11 is 17.0. The Balaban J connectivity index is 0.000000173. The van der Waals surface area contributed by atoms with Crippen molar-refractivity contribution in [1.82, 2.24) is 10.2 Å². The highest BCUT2D eigenvalue weighted by Gasteiger charge is 2.52. The van der Waals surface area contributed by atoms with Crippen molar-refractivity contribution < 1.29 is 19.4 Å². The lowest BCUT2D eigenvalue weighted by Gasteiger charge is -2.25. The van der Waals surface area contributed by atoms with Crippen molar-refractivity contribution in [2.45, 2.75) is 47.8 Å². The Bertz CT molecular complexity index is 410. The zero-order valence-corrected chi connectivity index (χ0v) is 13.5. The minimum Gasteiger partial charge on any atom is -0.480 e. The second-order valence-electron chi connectivity index (χ2n) is 5.21. The zero-order valence-electron chi connectivity index (χ0n) is 11.2. The van der Waals surface area contributed by atoms with Crippen molar-refractivity contribution in [3.63, 3.8) is 0 Å². The molecule has 120 valence electrons. The van der Waals surface area contributed by atoms with Crippen molar-refractivity contribution >= 4 is 46.7 Å². The zero-order chi connectivity index (χ0) is 15.6. The summed E-state index contributed by atoms with van der Waals surface area (Å²) in [4.78, 5) is 23.2. The fourth-order valence-corrected chi connectivity index (χ4v) is 3.24. The standard InChI is InChI=1S/C7H8Cl3NO2.C5H9NO2/c8-7(9,10)6-11-3-1-2-4(11)5(12)13-6;7-5(8)4-2-1-3-6-4/h4,6H,1-3H2;4,6H,1-3H2,(H,7,8)/t4-,6+;4-/m00/s1. The molecule has 0 amide bonds. The van der Waals surface area contributed by atoms with E-state index >= 15 is 0 Å². The van der Waals surface area contributed by atoms with Crippen LogP contribution in [0.3, 0.4) is 0 Å². The number of carbonyl (C=O) groups is 2. The molecular weight excluding hydrogens is 343 g/mol. The number of esters is 1. The molecule has 3 saturated heterocycles. The van der Waals surface area contributed by atoms with Gasteiger partial charge in [-0.05, 0) is 32.2 Å². The first-order valence-electron chi connectivity index (χ1n) is 6.80. The Labute approximate surface area is 137 Å². The van der Waals surface area contributed by atoms with Gasteiger partial charge in [0.05, 0.1) is 0 Å². The summed E-state index contributed by atoms with van der Waals surface area (Å²) in [6.07, 6.45) is 2.83. The Morgan fingerprint density at radius 2 is 2.05 bits per heavy atom. The van der Waals surface area contributed by atoms with E-state index in [9.17, 15) is 9.59 Å². The van der Waals surface area contributed by atoms with Crippen LogP contribution in [0.15, 0.2) is 0 Å². The van der Waals surface area contributed by atoms with E-state index in [1.165, 1.54) is 0 Å². The maximum Gasteiger partial charge on any atom is 0.325 e. The molecule has 3 rings (SSSR count). The maximum atomic E-state index is 11.3. The van der Waals surface area contributed by atoms with Gasteiger partial charge in [0.2, 0.25) is 10.0 Å². The second kappa shape index (κ2) is 6.87. The predicted octanol–water partition coefficient (Wildman–Crippen LogP) is 1.53. The van der Waals surface area contributed by atoms with Crippen molar-refractivity contribution in [2.24, 2.45) is 0 Å². The Kier molecular flexibility index (Phi) is 5.59. The molecule has 6 nitrogen and oxygen atoms in total. The molecule has 3 atom stereocenters. The summed E-state index contributed by atoms with van der Waals surface area (Å²) in [6, 6.07) is -0.462. The number of carboxylic acids is 1. The van der Waals surface area contributed by atoms with Gasteiger partial charge < -0.3 is 15.2 Å². The molecule has 0 saturated carbocycles. The number of nitrogens with zero attached hydrogens (tertiary/aromatic N) is 1. The van der Waals surface area contributed by atoms with Crippen LogP contribution in [-0.4, -0.2) is 57.1 Å². The number of carboxylic acid groups (broad SMARTS) is 1. The fourth-order valence-electron chi connectivity index (χ4n) is 2.73. The number of hydrogen-bond acceptors (Lipinski definition) is 5. The molecule has 0 radical (unpaired) electrons. The highest BCUT2D eigenvalue weighted by molar-refractivity contribution is 6.68. The number of nitrogens with one attached hydrogen (secondary N) is 1. The number of halogens is 3. The van der Waals surface area contributed by atoms with Crippen molar-refractivity contribution in [3.8, 4) is 0 Å². The average molecular weight is 360 g/mol. The Hall–Kier alpha value is -0.270. The fraction of sp³-hybridized carbons (Fsp3) is 0.833. The molecule has 2 N–H and O–H groups in total. The van der Waals surface area contributed by atoms with Crippen molar-refractivity contribution in [2.75, 3.05) is 13.1 Å². The van der Waals surface area contributed by atoms with Crippen LogP contribution >= 0.6 is 34.8 Å². The SMILES string of the molecule is O=C(O)[C@@H]1CCCN1.O=C1O[C@H](C(Cl)(Cl)Cl)N2CCC[C@@H]12. The smallest absolute Gasteiger partial charge is 0.325 e. The molecular formula is C12H17Cl3N2O4. The van der Waals surface area contributed by atoms with E-state index in [2.05, 4.69) is 5.32 Å². The molecule has 0 aromatic heterocycles. The minimum atomic E-state index is -1.55. The van der Waals surface area contributed by atoms with E-state index in [0.29, 0.717) is 0 Å². The number of cyclic esters (lactones) is 1. The molecule has 0 aliphatic carbocycles. The predicted molar refractivity (Wildman–Crippen MR) is 78.6 cm³/mol. The molecule has 0 unspecified atom stereocenters. The van der Waals surface area contributed by atoms with E-state index in [4.69, 9.17) is 44.6 Å². The molecule has 3 aliphatic rings. The van der Waals surface area contributed by atoms with E-state index in [0.717, 1.165) is 38.8 Å². The van der Waals surface area contributed by atoms with Gasteiger partial charge in [0.1, 0.15) is 12.1 Å². The quantitative estimate of drug-likeness (QED) is 0.546. The van der Waals surface area contributed by atoms with E-state index < -0.39 is 16.0 Å². The van der Waals surface area contributed by atoms with Gasteiger partial charge in [-0.25, -0.2) is 0 Å². The third-order valence-electron chi connectivity index (χ3n) is 3.73. The minimum absolute atomic E-state index is 0.194. The van der Waals surface area contributed by atoms with Crippen LogP contribution in [0, 0.1) is 0 Å². The number of aliphatic carboxylic acids is 1. The van der Waals surface area contributed by atoms with Crippen LogP contribution in [-0.2, 0) is 14.3 Å². The van der Waals surface area contributed by atoms with Crippen LogP contribution < -0.4 is 5.32 Å². The van der Waals surface area contributed by atoms with Crippen LogP contribution in [0.1, 0.15) is 25.7 Å². The molecule has 0 spiro atoms. The molecule has 3 fully saturated rings. The van der Waals surface area contributed by atoms with Crippen LogP contribution in [0.4, 0.5) is 0 Å². The Morgan fingerprint density at radius 1 is 1.33 bits per heavy atom. The average Bonchev–Trinajstić information content (AvgIpc) is 3.06. The molecule has 21 heavy (non-hydrogen) atoms. The molecule has 0 bridgehead atoms. The second-order valence-corrected chi connectivity index (χ2v) is 7.58. The highest BCUT2D eigenvalue weighted by atomic mass is 35.6.